The van der Waals surface area contributed by atoms with Gasteiger partial charge in [-0.1, -0.05) is 15.9 Å². The first-order valence-electron chi connectivity index (χ1n) is 6.73. The summed E-state index contributed by atoms with van der Waals surface area (Å²) in [7, 11) is 2.91. The van der Waals surface area contributed by atoms with Gasteiger partial charge in [0.25, 0.3) is 11.8 Å². The molecule has 8 heteroatoms. The fourth-order valence-electron chi connectivity index (χ4n) is 1.87. The lowest BCUT2D eigenvalue weighted by Gasteiger charge is -2.10. The molecule has 0 saturated heterocycles. The zero-order chi connectivity index (χ0) is 17.7. The lowest BCUT2D eigenvalue weighted by atomic mass is 10.2. The maximum absolute atomic E-state index is 13.7. The second kappa shape index (κ2) is 7.78. The Balaban J connectivity index is 2.08. The SMILES string of the molecule is COc1cc(OC)cc(C(=O)NNC(=O)c2ccc(Br)cc2F)c1. The molecule has 0 radical (unpaired) electrons. The van der Waals surface area contributed by atoms with Crippen molar-refractivity contribution >= 4 is 27.7 Å². The van der Waals surface area contributed by atoms with Gasteiger partial charge in [0.15, 0.2) is 0 Å². The number of nitrogens with one attached hydrogen (secondary N) is 2. The van der Waals surface area contributed by atoms with Crippen LogP contribution < -0.4 is 20.3 Å². The zero-order valence-corrected chi connectivity index (χ0v) is 14.4. The summed E-state index contributed by atoms with van der Waals surface area (Å²) in [5, 5.41) is 0. The van der Waals surface area contributed by atoms with E-state index in [-0.39, 0.29) is 11.1 Å². The Hall–Kier alpha value is -2.61. The summed E-state index contributed by atoms with van der Waals surface area (Å²) < 4.78 is 24.3. The summed E-state index contributed by atoms with van der Waals surface area (Å²) in [4.78, 5) is 24.0. The fraction of sp³-hybridized carbons (Fsp3) is 0.125. The van der Waals surface area contributed by atoms with E-state index in [1.54, 1.807) is 6.07 Å². The minimum absolute atomic E-state index is 0.193. The number of carbonyl (C=O) groups excluding carboxylic acids is 2. The van der Waals surface area contributed by atoms with Gasteiger partial charge in [-0.15, -0.1) is 0 Å². The molecule has 2 amide bonds. The molecule has 6 nitrogen and oxygen atoms in total. The highest BCUT2D eigenvalue weighted by Gasteiger charge is 2.14. The molecule has 0 fully saturated rings. The molecule has 0 aliphatic heterocycles. The van der Waals surface area contributed by atoms with Crippen molar-refractivity contribution in [2.75, 3.05) is 14.2 Å². The normalized spacial score (nSPS) is 10.0. The van der Waals surface area contributed by atoms with Gasteiger partial charge in [0.1, 0.15) is 17.3 Å². The number of hydrogen-bond donors (Lipinski definition) is 2. The third-order valence-electron chi connectivity index (χ3n) is 3.08. The molecule has 0 bridgehead atoms. The molecule has 0 saturated carbocycles. The molecular weight excluding hydrogens is 383 g/mol. The van der Waals surface area contributed by atoms with E-state index in [1.165, 1.54) is 38.5 Å². The zero-order valence-electron chi connectivity index (χ0n) is 12.9. The largest absolute Gasteiger partial charge is 0.497 e. The Bertz CT molecular complexity index is 760. The predicted octanol–water partition coefficient (Wildman–Crippen LogP) is 2.68. The van der Waals surface area contributed by atoms with E-state index < -0.39 is 17.6 Å². The van der Waals surface area contributed by atoms with E-state index in [0.29, 0.717) is 16.0 Å². The minimum atomic E-state index is -0.775. The standard InChI is InChI=1S/C16H14BrFN2O4/c1-23-11-5-9(6-12(8-11)24-2)15(21)19-20-16(22)13-4-3-10(17)7-14(13)18/h3-8H,1-2H3,(H,19,21)(H,20,22). The second-order valence-corrected chi connectivity index (χ2v) is 5.55. The monoisotopic (exact) mass is 396 g/mol. The molecular formula is C16H14BrFN2O4. The lowest BCUT2D eigenvalue weighted by molar-refractivity contribution is 0.0844. The predicted molar refractivity (Wildman–Crippen MR) is 88.6 cm³/mol. The van der Waals surface area contributed by atoms with Crippen LogP contribution in [0, 0.1) is 5.82 Å². The molecule has 2 N–H and O–H groups in total. The van der Waals surface area contributed by atoms with Crippen molar-refractivity contribution in [1.29, 1.82) is 0 Å². The topological polar surface area (TPSA) is 76.7 Å². The van der Waals surface area contributed by atoms with Gasteiger partial charge in [0.05, 0.1) is 19.8 Å². The van der Waals surface area contributed by atoms with Gasteiger partial charge in [-0.25, -0.2) is 4.39 Å². The van der Waals surface area contributed by atoms with Crippen LogP contribution >= 0.6 is 15.9 Å². The number of amides is 2. The Morgan fingerprint density at radius 3 is 2.08 bits per heavy atom. The maximum Gasteiger partial charge on any atom is 0.272 e. The van der Waals surface area contributed by atoms with Gasteiger partial charge in [-0.3, -0.25) is 20.4 Å². The van der Waals surface area contributed by atoms with Gasteiger partial charge < -0.3 is 9.47 Å². The molecule has 0 atom stereocenters. The van der Waals surface area contributed by atoms with E-state index in [1.807, 2.05) is 0 Å². The maximum atomic E-state index is 13.7. The summed E-state index contributed by atoms with van der Waals surface area (Å²) in [5.41, 5.74) is 4.39. The number of hydrogen-bond acceptors (Lipinski definition) is 4. The highest BCUT2D eigenvalue weighted by molar-refractivity contribution is 9.10. The number of rotatable bonds is 4. The van der Waals surface area contributed by atoms with E-state index >= 15 is 0 Å². The van der Waals surface area contributed by atoms with Crippen molar-refractivity contribution in [2.45, 2.75) is 0 Å². The van der Waals surface area contributed by atoms with Gasteiger partial charge in [0.2, 0.25) is 0 Å². The van der Waals surface area contributed by atoms with Crippen molar-refractivity contribution in [2.24, 2.45) is 0 Å². The fourth-order valence-corrected chi connectivity index (χ4v) is 2.20. The molecule has 0 unspecified atom stereocenters. The van der Waals surface area contributed by atoms with Crippen LogP contribution in [0.2, 0.25) is 0 Å². The van der Waals surface area contributed by atoms with Crippen molar-refractivity contribution in [1.82, 2.24) is 10.9 Å². The van der Waals surface area contributed by atoms with Crippen molar-refractivity contribution in [3.63, 3.8) is 0 Å². The number of benzene rings is 2. The van der Waals surface area contributed by atoms with Crippen LogP contribution in [0.4, 0.5) is 4.39 Å². The first kappa shape index (κ1) is 17.7. The summed E-state index contributed by atoms with van der Waals surface area (Å²) in [6.45, 7) is 0. The molecule has 0 aliphatic carbocycles. The van der Waals surface area contributed by atoms with Gasteiger partial charge >= 0.3 is 0 Å². The van der Waals surface area contributed by atoms with Gasteiger partial charge in [0, 0.05) is 16.1 Å². The van der Waals surface area contributed by atoms with E-state index in [4.69, 9.17) is 9.47 Å². The van der Waals surface area contributed by atoms with Crippen LogP contribution in [0.5, 0.6) is 11.5 Å². The van der Waals surface area contributed by atoms with Crippen LogP contribution in [-0.4, -0.2) is 26.0 Å². The van der Waals surface area contributed by atoms with E-state index in [0.717, 1.165) is 6.07 Å². The third-order valence-corrected chi connectivity index (χ3v) is 3.57. The van der Waals surface area contributed by atoms with Crippen molar-refractivity contribution in [3.05, 3.63) is 57.8 Å². The Kier molecular flexibility index (Phi) is 5.75. The van der Waals surface area contributed by atoms with Crippen molar-refractivity contribution < 1.29 is 23.5 Å². The number of methoxy groups -OCH3 is 2. The molecule has 0 aromatic heterocycles. The Morgan fingerprint density at radius 1 is 0.958 bits per heavy atom. The van der Waals surface area contributed by atoms with Crippen molar-refractivity contribution in [3.8, 4) is 11.5 Å². The Morgan fingerprint density at radius 2 is 1.54 bits per heavy atom. The molecule has 2 aromatic carbocycles. The van der Waals surface area contributed by atoms with Crippen LogP contribution in [0.15, 0.2) is 40.9 Å². The quantitative estimate of drug-likeness (QED) is 0.778. The Labute approximate surface area is 146 Å². The molecule has 2 rings (SSSR count). The molecule has 0 heterocycles. The number of hydrazine groups is 1. The molecule has 2 aromatic rings. The van der Waals surface area contributed by atoms with E-state index in [9.17, 15) is 14.0 Å². The lowest BCUT2D eigenvalue weighted by Crippen LogP contribution is -2.42. The second-order valence-electron chi connectivity index (χ2n) is 4.63. The van der Waals surface area contributed by atoms with E-state index in [2.05, 4.69) is 26.8 Å². The number of ether oxygens (including phenoxy) is 2. The average Bonchev–Trinajstić information content (AvgIpc) is 2.58. The molecule has 0 spiro atoms. The van der Waals surface area contributed by atoms with Crippen LogP contribution in [0.3, 0.4) is 0 Å². The van der Waals surface area contributed by atoms with Gasteiger partial charge in [-0.2, -0.15) is 0 Å². The summed E-state index contributed by atoms with van der Waals surface area (Å²) in [6, 6.07) is 8.53. The first-order valence-corrected chi connectivity index (χ1v) is 7.52. The van der Waals surface area contributed by atoms with Crippen LogP contribution in [0.1, 0.15) is 20.7 Å². The summed E-state index contributed by atoms with van der Waals surface area (Å²) >= 11 is 3.10. The van der Waals surface area contributed by atoms with Crippen LogP contribution in [0.25, 0.3) is 0 Å². The average molecular weight is 397 g/mol. The third kappa shape index (κ3) is 4.23. The van der Waals surface area contributed by atoms with Crippen LogP contribution in [-0.2, 0) is 0 Å². The van der Waals surface area contributed by atoms with Gasteiger partial charge in [-0.05, 0) is 30.3 Å². The number of carbonyl (C=O) groups is 2. The first-order chi connectivity index (χ1) is 11.4. The summed E-state index contributed by atoms with van der Waals surface area (Å²) in [5.74, 6) is -1.24. The highest BCUT2D eigenvalue weighted by atomic mass is 79.9. The molecule has 126 valence electrons. The smallest absolute Gasteiger partial charge is 0.272 e. The minimum Gasteiger partial charge on any atom is -0.497 e. The number of halogens is 2. The summed E-state index contributed by atoms with van der Waals surface area (Å²) in [6.07, 6.45) is 0. The molecule has 24 heavy (non-hydrogen) atoms. The highest BCUT2D eigenvalue weighted by Crippen LogP contribution is 2.22. The molecule has 0 aliphatic rings.